The van der Waals surface area contributed by atoms with E-state index < -0.39 is 32.2 Å². The molecule has 0 aliphatic carbocycles. The highest BCUT2D eigenvalue weighted by atomic mass is 35.5. The minimum atomic E-state index is -4.14. The van der Waals surface area contributed by atoms with Crippen LogP contribution >= 0.6 is 23.2 Å². The van der Waals surface area contributed by atoms with E-state index in [0.29, 0.717) is 15.6 Å². The highest BCUT2D eigenvalue weighted by Gasteiger charge is 2.24. The molecule has 0 saturated heterocycles. The summed E-state index contributed by atoms with van der Waals surface area (Å²) in [5, 5.41) is 0.639. The summed E-state index contributed by atoms with van der Waals surface area (Å²) < 4.78 is 29.2. The lowest BCUT2D eigenvalue weighted by atomic mass is 10.1. The van der Waals surface area contributed by atoms with Crippen LogP contribution in [0, 0.1) is 0 Å². The summed E-state index contributed by atoms with van der Waals surface area (Å²) in [5.41, 5.74) is -0.932. The molecule has 0 spiro atoms. The number of nitrogens with zero attached hydrogens (tertiary/aromatic N) is 2. The Morgan fingerprint density at radius 1 is 1.12 bits per heavy atom. The van der Waals surface area contributed by atoms with Crippen LogP contribution in [0.1, 0.15) is 18.5 Å². The van der Waals surface area contributed by atoms with Crippen molar-refractivity contribution in [3.8, 4) is 0 Å². The van der Waals surface area contributed by atoms with E-state index in [2.05, 4.69) is 4.72 Å². The molecule has 24 heavy (non-hydrogen) atoms. The van der Waals surface area contributed by atoms with Crippen molar-refractivity contribution in [3.63, 3.8) is 0 Å². The molecule has 0 saturated carbocycles. The molecule has 10 heteroatoms. The van der Waals surface area contributed by atoms with Crippen LogP contribution in [0.3, 0.4) is 0 Å². The summed E-state index contributed by atoms with van der Waals surface area (Å²) in [6, 6.07) is 4.05. The number of aryl methyl sites for hydroxylation is 1. The van der Waals surface area contributed by atoms with Crippen LogP contribution in [0.4, 0.5) is 0 Å². The van der Waals surface area contributed by atoms with Gasteiger partial charge in [0.2, 0.25) is 10.0 Å². The van der Waals surface area contributed by atoms with Crippen molar-refractivity contribution in [2.24, 2.45) is 14.1 Å². The zero-order valence-electron chi connectivity index (χ0n) is 13.1. The van der Waals surface area contributed by atoms with Gasteiger partial charge in [-0.25, -0.2) is 17.9 Å². The quantitative estimate of drug-likeness (QED) is 0.853. The van der Waals surface area contributed by atoms with Gasteiger partial charge in [-0.2, -0.15) is 0 Å². The van der Waals surface area contributed by atoms with E-state index in [0.717, 1.165) is 15.3 Å². The molecule has 1 aromatic carbocycles. The Balaban J connectivity index is 2.43. The Labute approximate surface area is 148 Å². The van der Waals surface area contributed by atoms with Crippen LogP contribution in [0.15, 0.2) is 38.9 Å². The normalized spacial score (nSPS) is 13.0. The van der Waals surface area contributed by atoms with Crippen LogP contribution in [0.2, 0.25) is 10.0 Å². The van der Waals surface area contributed by atoms with Gasteiger partial charge in [0, 0.05) is 26.3 Å². The summed E-state index contributed by atoms with van der Waals surface area (Å²) >= 11 is 11.8. The fourth-order valence-corrected chi connectivity index (χ4v) is 3.80. The van der Waals surface area contributed by atoms with Gasteiger partial charge < -0.3 is 4.57 Å². The molecule has 0 amide bonds. The van der Waals surface area contributed by atoms with Gasteiger partial charge in [-0.05, 0) is 24.6 Å². The summed E-state index contributed by atoms with van der Waals surface area (Å²) in [7, 11) is -1.56. The maximum Gasteiger partial charge on any atom is 0.330 e. The SMILES string of the molecule is C[C@H](NS(=O)(=O)c1cn(C)c(=O)n(C)c1=O)c1ccc(Cl)c(Cl)c1. The smallest absolute Gasteiger partial charge is 0.302 e. The lowest BCUT2D eigenvalue weighted by Gasteiger charge is -2.15. The Morgan fingerprint density at radius 2 is 1.75 bits per heavy atom. The van der Waals surface area contributed by atoms with Crippen molar-refractivity contribution in [2.75, 3.05) is 0 Å². The highest BCUT2D eigenvalue weighted by molar-refractivity contribution is 7.89. The number of rotatable bonds is 4. The molecule has 0 fully saturated rings. The minimum Gasteiger partial charge on any atom is -0.302 e. The third-order valence-electron chi connectivity index (χ3n) is 3.48. The van der Waals surface area contributed by atoms with E-state index in [1.165, 1.54) is 20.2 Å². The van der Waals surface area contributed by atoms with Gasteiger partial charge in [-0.3, -0.25) is 9.36 Å². The second-order valence-electron chi connectivity index (χ2n) is 5.27. The monoisotopic (exact) mass is 391 g/mol. The molecule has 0 unspecified atom stereocenters. The fraction of sp³-hybridized carbons (Fsp3) is 0.286. The highest BCUT2D eigenvalue weighted by Crippen LogP contribution is 2.26. The van der Waals surface area contributed by atoms with Gasteiger partial charge in [0.15, 0.2) is 4.90 Å². The van der Waals surface area contributed by atoms with Crippen molar-refractivity contribution < 1.29 is 8.42 Å². The number of halogens is 2. The number of sulfonamides is 1. The molecule has 1 aromatic heterocycles. The van der Waals surface area contributed by atoms with Crippen molar-refractivity contribution >= 4 is 33.2 Å². The number of benzene rings is 1. The minimum absolute atomic E-state index is 0.290. The van der Waals surface area contributed by atoms with Crippen LogP contribution in [0.5, 0.6) is 0 Å². The van der Waals surface area contributed by atoms with Gasteiger partial charge >= 0.3 is 5.69 Å². The average Bonchev–Trinajstić information content (AvgIpc) is 2.50. The Morgan fingerprint density at radius 3 is 2.33 bits per heavy atom. The Hall–Kier alpha value is -1.61. The largest absolute Gasteiger partial charge is 0.330 e. The number of hydrogen-bond acceptors (Lipinski definition) is 4. The summed E-state index contributed by atoms with van der Waals surface area (Å²) in [6.45, 7) is 1.60. The Kier molecular flexibility index (Phi) is 5.24. The number of aromatic nitrogens is 2. The van der Waals surface area contributed by atoms with E-state index in [-0.39, 0.29) is 0 Å². The molecule has 0 radical (unpaired) electrons. The van der Waals surface area contributed by atoms with E-state index in [9.17, 15) is 18.0 Å². The summed E-state index contributed by atoms with van der Waals surface area (Å²) in [4.78, 5) is 23.2. The number of nitrogens with one attached hydrogen (secondary N) is 1. The molecule has 1 atom stereocenters. The second kappa shape index (κ2) is 6.72. The van der Waals surface area contributed by atoms with Crippen LogP contribution < -0.4 is 16.0 Å². The van der Waals surface area contributed by atoms with E-state index >= 15 is 0 Å². The zero-order valence-corrected chi connectivity index (χ0v) is 15.4. The van der Waals surface area contributed by atoms with Crippen molar-refractivity contribution in [1.29, 1.82) is 0 Å². The van der Waals surface area contributed by atoms with E-state index in [1.54, 1.807) is 19.1 Å². The molecule has 130 valence electrons. The lowest BCUT2D eigenvalue weighted by molar-refractivity contribution is 0.557. The van der Waals surface area contributed by atoms with Crippen molar-refractivity contribution in [3.05, 3.63) is 60.8 Å². The summed E-state index contributed by atoms with van der Waals surface area (Å²) in [6.07, 6.45) is 0.995. The first-order valence-electron chi connectivity index (χ1n) is 6.78. The number of hydrogen-bond donors (Lipinski definition) is 1. The van der Waals surface area contributed by atoms with Gasteiger partial charge in [0.05, 0.1) is 10.0 Å². The molecule has 0 aliphatic rings. The second-order valence-corrected chi connectivity index (χ2v) is 7.76. The molecular weight excluding hydrogens is 377 g/mol. The molecule has 0 bridgehead atoms. The summed E-state index contributed by atoms with van der Waals surface area (Å²) in [5.74, 6) is 0. The van der Waals surface area contributed by atoms with Crippen LogP contribution in [-0.4, -0.2) is 17.6 Å². The standard InChI is InChI=1S/C14H15Cl2N3O4S/c1-8(9-4-5-10(15)11(16)6-9)17-24(22,23)12-7-18(2)14(21)19(3)13(12)20/h4-8,17H,1-3H3/t8-/m0/s1. The molecule has 0 aliphatic heterocycles. The molecule has 1 heterocycles. The van der Waals surface area contributed by atoms with Crippen LogP contribution in [0.25, 0.3) is 0 Å². The predicted octanol–water partition coefficient (Wildman–Crippen LogP) is 1.43. The third kappa shape index (κ3) is 3.56. The van der Waals surface area contributed by atoms with Crippen LogP contribution in [-0.2, 0) is 24.1 Å². The van der Waals surface area contributed by atoms with Gasteiger partial charge in [0.25, 0.3) is 5.56 Å². The molecule has 7 nitrogen and oxygen atoms in total. The van der Waals surface area contributed by atoms with Crippen molar-refractivity contribution in [1.82, 2.24) is 13.9 Å². The molecule has 2 rings (SSSR count). The van der Waals surface area contributed by atoms with Crippen molar-refractivity contribution in [2.45, 2.75) is 17.9 Å². The first kappa shape index (κ1) is 18.7. The topological polar surface area (TPSA) is 90.2 Å². The lowest BCUT2D eigenvalue weighted by Crippen LogP contribution is -2.41. The predicted molar refractivity (Wildman–Crippen MR) is 92.1 cm³/mol. The van der Waals surface area contributed by atoms with Gasteiger partial charge in [-0.15, -0.1) is 0 Å². The third-order valence-corrected chi connectivity index (χ3v) is 5.74. The van der Waals surface area contributed by atoms with E-state index in [1.807, 2.05) is 0 Å². The molecule has 1 N–H and O–H groups in total. The van der Waals surface area contributed by atoms with Gasteiger partial charge in [0.1, 0.15) is 0 Å². The maximum absolute atomic E-state index is 12.5. The van der Waals surface area contributed by atoms with E-state index in [4.69, 9.17) is 23.2 Å². The zero-order chi connectivity index (χ0) is 18.2. The first-order valence-corrected chi connectivity index (χ1v) is 9.02. The van der Waals surface area contributed by atoms with Gasteiger partial charge in [-0.1, -0.05) is 29.3 Å². The first-order chi connectivity index (χ1) is 11.0. The molecule has 2 aromatic rings. The Bertz CT molecular complexity index is 1010. The maximum atomic E-state index is 12.5. The molecular formula is C14H15Cl2N3O4S. The fourth-order valence-electron chi connectivity index (χ4n) is 2.11. The average molecular weight is 392 g/mol.